The molecule has 1 aliphatic rings. The van der Waals surface area contributed by atoms with Crippen LogP contribution in [0, 0.1) is 6.92 Å². The van der Waals surface area contributed by atoms with Crippen molar-refractivity contribution in [2.75, 3.05) is 0 Å². The number of oxazole rings is 1. The molecule has 0 aliphatic carbocycles. The molecule has 1 aromatic heterocycles. The number of rotatable bonds is 3. The number of hydrogen-bond acceptors (Lipinski definition) is 4. The number of hydrogen-bond donors (Lipinski definition) is 0. The van der Waals surface area contributed by atoms with Gasteiger partial charge in [0.25, 0.3) is 0 Å². The van der Waals surface area contributed by atoms with Crippen molar-refractivity contribution in [1.29, 1.82) is 0 Å². The van der Waals surface area contributed by atoms with Crippen LogP contribution in [0.3, 0.4) is 0 Å². The lowest BCUT2D eigenvalue weighted by molar-refractivity contribution is 0.00578. The fraction of sp³-hybridized carbons (Fsp3) is 0.409. The highest BCUT2D eigenvalue weighted by Gasteiger charge is 2.52. The molecule has 0 amide bonds. The summed E-state index contributed by atoms with van der Waals surface area (Å²) in [7, 11) is -0.426. The zero-order valence-corrected chi connectivity index (χ0v) is 18.0. The summed E-state index contributed by atoms with van der Waals surface area (Å²) in [6.07, 6.45) is 0.897. The molecule has 0 saturated carbocycles. The highest BCUT2D eigenvalue weighted by atomic mass is 35.5. The molecule has 146 valence electrons. The first kappa shape index (κ1) is 19.5. The Morgan fingerprint density at radius 1 is 1.07 bits per heavy atom. The number of fused-ring (bicyclic) bond motifs is 1. The number of aryl methyl sites for hydroxylation is 1. The van der Waals surface area contributed by atoms with Crippen LogP contribution in [0.5, 0.6) is 0 Å². The fourth-order valence-electron chi connectivity index (χ4n) is 3.48. The van der Waals surface area contributed by atoms with Crippen molar-refractivity contribution in [2.45, 2.75) is 59.2 Å². The van der Waals surface area contributed by atoms with E-state index in [9.17, 15) is 0 Å². The monoisotopic (exact) mass is 397 g/mol. The van der Waals surface area contributed by atoms with E-state index in [0.717, 1.165) is 34.1 Å². The molecule has 0 spiro atoms. The Hall–Kier alpha value is -1.82. The minimum atomic E-state index is -0.426. The Balaban J connectivity index is 1.78. The predicted octanol–water partition coefficient (Wildman–Crippen LogP) is 5.32. The van der Waals surface area contributed by atoms with Crippen LogP contribution in [0.15, 0.2) is 34.7 Å². The highest BCUT2D eigenvalue weighted by molar-refractivity contribution is 6.62. The lowest BCUT2D eigenvalue weighted by Crippen LogP contribution is -2.41. The van der Waals surface area contributed by atoms with Gasteiger partial charge in [-0.15, -0.1) is 0 Å². The van der Waals surface area contributed by atoms with E-state index in [1.54, 1.807) is 0 Å². The lowest BCUT2D eigenvalue weighted by Gasteiger charge is -2.32. The molecular formula is C22H25BClNO3. The van der Waals surface area contributed by atoms with E-state index >= 15 is 0 Å². The Bertz CT molecular complexity index is 1040. The van der Waals surface area contributed by atoms with Gasteiger partial charge in [0.2, 0.25) is 5.89 Å². The van der Waals surface area contributed by atoms with Crippen LogP contribution in [0.4, 0.5) is 0 Å². The van der Waals surface area contributed by atoms with Gasteiger partial charge in [0, 0.05) is 5.56 Å². The third kappa shape index (κ3) is 3.06. The SMILES string of the molecule is CCc1cc(Cl)c2oc(-c3cccc(B4OC(C)(C)C(C)(C)O4)c3C)nc2c1. The highest BCUT2D eigenvalue weighted by Crippen LogP contribution is 2.37. The maximum Gasteiger partial charge on any atom is 0.495 e. The molecule has 3 aromatic rings. The van der Waals surface area contributed by atoms with E-state index in [0.29, 0.717) is 16.5 Å². The number of halogens is 1. The van der Waals surface area contributed by atoms with Crippen molar-refractivity contribution in [3.05, 3.63) is 46.5 Å². The van der Waals surface area contributed by atoms with Gasteiger partial charge in [-0.05, 0) is 75.8 Å². The van der Waals surface area contributed by atoms with E-state index in [1.807, 2.05) is 37.3 Å². The number of benzene rings is 2. The third-order valence-electron chi connectivity index (χ3n) is 6.03. The van der Waals surface area contributed by atoms with Gasteiger partial charge in [0.15, 0.2) is 5.58 Å². The molecule has 0 radical (unpaired) electrons. The summed E-state index contributed by atoms with van der Waals surface area (Å²) in [4.78, 5) is 4.71. The first-order valence-electron chi connectivity index (χ1n) is 9.67. The quantitative estimate of drug-likeness (QED) is 0.561. The first-order valence-corrected chi connectivity index (χ1v) is 10.1. The lowest BCUT2D eigenvalue weighted by atomic mass is 9.75. The summed E-state index contributed by atoms with van der Waals surface area (Å²) in [5.74, 6) is 0.557. The van der Waals surface area contributed by atoms with Crippen molar-refractivity contribution < 1.29 is 13.7 Å². The summed E-state index contributed by atoms with van der Waals surface area (Å²) >= 11 is 6.41. The average Bonchev–Trinajstić information content (AvgIpc) is 3.13. The van der Waals surface area contributed by atoms with Crippen molar-refractivity contribution in [3.8, 4) is 11.5 Å². The topological polar surface area (TPSA) is 44.5 Å². The summed E-state index contributed by atoms with van der Waals surface area (Å²) in [6.45, 7) is 12.4. The van der Waals surface area contributed by atoms with Crippen molar-refractivity contribution in [3.63, 3.8) is 0 Å². The standard InChI is InChI=1S/C22H25BClNO3/c1-7-14-11-17(24)19-18(12-14)25-20(26-19)15-9-8-10-16(13(15)2)23-27-21(3,4)22(5,6)28-23/h8-12H,7H2,1-6H3. The second-order valence-electron chi connectivity index (χ2n) is 8.41. The Kier molecular flexibility index (Phi) is 4.61. The maximum atomic E-state index is 6.41. The number of nitrogens with zero attached hydrogens (tertiary/aromatic N) is 1. The van der Waals surface area contributed by atoms with Crippen LogP contribution in [-0.2, 0) is 15.7 Å². The molecule has 6 heteroatoms. The minimum Gasteiger partial charge on any atom is -0.435 e. The van der Waals surface area contributed by atoms with Gasteiger partial charge in [-0.2, -0.15) is 0 Å². The Labute approximate surface area is 171 Å². The second-order valence-corrected chi connectivity index (χ2v) is 8.81. The molecule has 28 heavy (non-hydrogen) atoms. The molecule has 0 N–H and O–H groups in total. The van der Waals surface area contributed by atoms with Crippen molar-refractivity contribution >= 4 is 35.3 Å². The van der Waals surface area contributed by atoms with E-state index in [4.69, 9.17) is 30.3 Å². The van der Waals surface area contributed by atoms with Gasteiger partial charge in [-0.1, -0.05) is 30.7 Å². The molecule has 1 aliphatic heterocycles. The predicted molar refractivity (Wildman–Crippen MR) is 114 cm³/mol. The Morgan fingerprint density at radius 3 is 2.39 bits per heavy atom. The summed E-state index contributed by atoms with van der Waals surface area (Å²) in [6, 6.07) is 9.99. The van der Waals surface area contributed by atoms with E-state index in [2.05, 4.69) is 34.6 Å². The molecule has 0 unspecified atom stereocenters. The van der Waals surface area contributed by atoms with Gasteiger partial charge >= 0.3 is 7.12 Å². The molecule has 2 aromatic carbocycles. The maximum absolute atomic E-state index is 6.41. The Morgan fingerprint density at radius 2 is 1.75 bits per heavy atom. The molecule has 4 nitrogen and oxygen atoms in total. The molecule has 0 atom stereocenters. The smallest absolute Gasteiger partial charge is 0.435 e. The van der Waals surface area contributed by atoms with Crippen molar-refractivity contribution in [2.24, 2.45) is 0 Å². The molecule has 1 fully saturated rings. The van der Waals surface area contributed by atoms with E-state index in [-0.39, 0.29) is 11.2 Å². The summed E-state index contributed by atoms with van der Waals surface area (Å²) in [5.41, 5.74) is 4.69. The third-order valence-corrected chi connectivity index (χ3v) is 6.31. The molecule has 1 saturated heterocycles. The summed E-state index contributed by atoms with van der Waals surface area (Å²) in [5, 5.41) is 0.591. The zero-order chi connectivity index (χ0) is 20.3. The zero-order valence-electron chi connectivity index (χ0n) is 17.2. The second kappa shape index (κ2) is 6.62. The van der Waals surface area contributed by atoms with E-state index in [1.165, 1.54) is 0 Å². The number of aromatic nitrogens is 1. The summed E-state index contributed by atoms with van der Waals surface area (Å²) < 4.78 is 18.5. The van der Waals surface area contributed by atoms with Crippen LogP contribution < -0.4 is 5.46 Å². The van der Waals surface area contributed by atoms with E-state index < -0.39 is 7.12 Å². The van der Waals surface area contributed by atoms with Gasteiger partial charge < -0.3 is 13.7 Å². The van der Waals surface area contributed by atoms with Crippen LogP contribution >= 0.6 is 11.6 Å². The minimum absolute atomic E-state index is 0.387. The van der Waals surface area contributed by atoms with Gasteiger partial charge in [-0.25, -0.2) is 4.98 Å². The molecule has 0 bridgehead atoms. The van der Waals surface area contributed by atoms with Gasteiger partial charge in [0.05, 0.1) is 16.2 Å². The molecule has 4 rings (SSSR count). The fourth-order valence-corrected chi connectivity index (χ4v) is 3.75. The van der Waals surface area contributed by atoms with Crippen molar-refractivity contribution in [1.82, 2.24) is 4.98 Å². The normalized spacial score (nSPS) is 18.2. The van der Waals surface area contributed by atoms with Crippen LogP contribution in [0.25, 0.3) is 22.6 Å². The van der Waals surface area contributed by atoms with Crippen LogP contribution in [0.2, 0.25) is 5.02 Å². The van der Waals surface area contributed by atoms with Crippen LogP contribution in [0.1, 0.15) is 45.7 Å². The average molecular weight is 398 g/mol. The van der Waals surface area contributed by atoms with Gasteiger partial charge in [0.1, 0.15) is 5.52 Å². The van der Waals surface area contributed by atoms with Gasteiger partial charge in [-0.3, -0.25) is 0 Å². The molecular weight excluding hydrogens is 373 g/mol. The largest absolute Gasteiger partial charge is 0.495 e. The molecule has 2 heterocycles. The van der Waals surface area contributed by atoms with Crippen LogP contribution in [-0.4, -0.2) is 23.3 Å². The first-order chi connectivity index (χ1) is 13.1.